The molecule has 332 valence electrons. The van der Waals surface area contributed by atoms with Crippen molar-refractivity contribution in [3.05, 3.63) is 24.3 Å². The Morgan fingerprint density at radius 2 is 0.772 bits per heavy atom. The maximum absolute atomic E-state index is 12.6. The van der Waals surface area contributed by atoms with Crippen LogP contribution in [0.4, 0.5) is 0 Å². The Morgan fingerprint density at radius 3 is 1.11 bits per heavy atom. The number of β-amino-alcohol motifs (C(OH)–C–C–N with tert-alkyl or cyclic N) is 1. The Labute approximate surface area is 350 Å². The van der Waals surface area contributed by atoms with Crippen molar-refractivity contribution in [3.63, 3.8) is 0 Å². The zero-order valence-electron chi connectivity index (χ0n) is 37.2. The lowest BCUT2D eigenvalue weighted by Crippen LogP contribution is -2.50. The van der Waals surface area contributed by atoms with Crippen molar-refractivity contribution in [2.24, 2.45) is 5.92 Å². The first-order chi connectivity index (χ1) is 27.9. The number of carbonyl (C=O) groups excluding carboxylic acids is 3. The van der Waals surface area contributed by atoms with Crippen molar-refractivity contribution in [1.82, 2.24) is 4.90 Å². The van der Waals surface area contributed by atoms with Crippen LogP contribution in [0.3, 0.4) is 0 Å². The summed E-state index contributed by atoms with van der Waals surface area (Å²) in [6.45, 7) is 7.15. The van der Waals surface area contributed by atoms with E-state index in [0.29, 0.717) is 19.3 Å². The third-order valence-electron chi connectivity index (χ3n) is 11.0. The van der Waals surface area contributed by atoms with Crippen LogP contribution in [0.2, 0.25) is 0 Å². The molecule has 0 amide bonds. The number of rotatable bonds is 42. The Hall–Kier alpha value is -2.19. The summed E-state index contributed by atoms with van der Waals surface area (Å²) < 4.78 is 16.7. The first kappa shape index (κ1) is 52.8. The van der Waals surface area contributed by atoms with Gasteiger partial charge in [0.15, 0.2) is 0 Å². The van der Waals surface area contributed by atoms with Crippen LogP contribution in [-0.4, -0.2) is 73.5 Å². The predicted octanol–water partition coefficient (Wildman–Crippen LogP) is 12.5. The van der Waals surface area contributed by atoms with Crippen molar-refractivity contribution < 1.29 is 33.7 Å². The summed E-state index contributed by atoms with van der Waals surface area (Å²) in [5.41, 5.74) is 0. The van der Waals surface area contributed by atoms with Gasteiger partial charge >= 0.3 is 17.9 Å². The van der Waals surface area contributed by atoms with E-state index in [1.807, 2.05) is 0 Å². The fraction of sp³-hybridized carbons (Fsp3) is 0.857. The second-order valence-corrected chi connectivity index (χ2v) is 16.8. The van der Waals surface area contributed by atoms with E-state index in [2.05, 4.69) is 43.1 Å². The predicted molar refractivity (Wildman–Crippen MR) is 236 cm³/mol. The standard InChI is InChI=1S/C49H89NO7/c1-3-5-7-9-11-13-15-17-19-21-23-25-27-29-32-36-47(52)55-42-45(44-57-49(54)38-34-31-35-39-50-40-46(51)41-50)43-56-48(53)37-33-30-28-26-24-22-20-18-16-14-12-10-8-6-4-2/h17-20,45-46,51H,3-16,21-44H2,1-2H3/b19-17-,20-18-. The molecule has 57 heavy (non-hydrogen) atoms. The van der Waals surface area contributed by atoms with E-state index in [9.17, 15) is 19.5 Å². The zero-order valence-corrected chi connectivity index (χ0v) is 37.2. The quantitative estimate of drug-likeness (QED) is 0.0282. The van der Waals surface area contributed by atoms with Crippen LogP contribution >= 0.6 is 0 Å². The molecule has 0 unspecified atom stereocenters. The first-order valence-corrected chi connectivity index (χ1v) is 24.1. The molecule has 0 aliphatic carbocycles. The number of hydrogen-bond donors (Lipinski definition) is 1. The third kappa shape index (κ3) is 36.6. The molecular formula is C49H89NO7. The average molecular weight is 804 g/mol. The van der Waals surface area contributed by atoms with Crippen molar-refractivity contribution in [3.8, 4) is 0 Å². The molecule has 1 aliphatic heterocycles. The molecule has 1 heterocycles. The highest BCUT2D eigenvalue weighted by Crippen LogP contribution is 2.14. The number of nitrogens with zero attached hydrogens (tertiary/aromatic N) is 1. The maximum Gasteiger partial charge on any atom is 0.305 e. The van der Waals surface area contributed by atoms with Gasteiger partial charge in [0, 0.05) is 32.4 Å². The van der Waals surface area contributed by atoms with Gasteiger partial charge in [-0.2, -0.15) is 0 Å². The molecule has 0 aromatic rings. The summed E-state index contributed by atoms with van der Waals surface area (Å²) in [6.07, 6.45) is 44.3. The van der Waals surface area contributed by atoms with Crippen molar-refractivity contribution in [2.75, 3.05) is 39.5 Å². The molecule has 1 saturated heterocycles. The summed E-state index contributed by atoms with van der Waals surface area (Å²) >= 11 is 0. The van der Waals surface area contributed by atoms with Gasteiger partial charge < -0.3 is 19.3 Å². The minimum Gasteiger partial charge on any atom is -0.465 e. The van der Waals surface area contributed by atoms with Crippen LogP contribution in [0.15, 0.2) is 24.3 Å². The number of allylic oxidation sites excluding steroid dienone is 4. The van der Waals surface area contributed by atoms with Crippen LogP contribution in [0.1, 0.15) is 219 Å². The topological polar surface area (TPSA) is 102 Å². The van der Waals surface area contributed by atoms with Gasteiger partial charge in [0.1, 0.15) is 19.8 Å². The van der Waals surface area contributed by atoms with Crippen LogP contribution in [0, 0.1) is 5.92 Å². The smallest absolute Gasteiger partial charge is 0.305 e. The lowest BCUT2D eigenvalue weighted by molar-refractivity contribution is -0.153. The number of carbonyl (C=O) groups is 3. The minimum absolute atomic E-state index is 0.0614. The van der Waals surface area contributed by atoms with Crippen LogP contribution in [0.25, 0.3) is 0 Å². The van der Waals surface area contributed by atoms with E-state index in [0.717, 1.165) is 90.3 Å². The lowest BCUT2D eigenvalue weighted by atomic mass is 10.1. The van der Waals surface area contributed by atoms with Crippen molar-refractivity contribution in [2.45, 2.75) is 225 Å². The summed E-state index contributed by atoms with van der Waals surface area (Å²) in [5.74, 6) is -1.17. The number of esters is 3. The molecule has 0 saturated carbocycles. The molecule has 8 nitrogen and oxygen atoms in total. The average Bonchev–Trinajstić information content (AvgIpc) is 3.19. The number of aliphatic hydroxyl groups is 1. The third-order valence-corrected chi connectivity index (χ3v) is 11.0. The molecule has 0 radical (unpaired) electrons. The second kappa shape index (κ2) is 40.6. The molecular weight excluding hydrogens is 715 g/mol. The van der Waals surface area contributed by atoms with E-state index in [1.165, 1.54) is 116 Å². The Bertz CT molecular complexity index is 936. The summed E-state index contributed by atoms with van der Waals surface area (Å²) in [5, 5.41) is 9.42. The fourth-order valence-corrected chi connectivity index (χ4v) is 7.18. The molecule has 8 heteroatoms. The summed E-state index contributed by atoms with van der Waals surface area (Å²) in [7, 11) is 0. The summed E-state index contributed by atoms with van der Waals surface area (Å²) in [4.78, 5) is 39.8. The van der Waals surface area contributed by atoms with Crippen LogP contribution in [-0.2, 0) is 28.6 Å². The number of ether oxygens (including phenoxy) is 3. The highest BCUT2D eigenvalue weighted by Gasteiger charge is 2.23. The largest absolute Gasteiger partial charge is 0.465 e. The van der Waals surface area contributed by atoms with Gasteiger partial charge in [-0.3, -0.25) is 19.3 Å². The molecule has 1 N–H and O–H groups in total. The molecule has 0 aromatic heterocycles. The van der Waals surface area contributed by atoms with E-state index in [4.69, 9.17) is 14.2 Å². The van der Waals surface area contributed by atoms with Gasteiger partial charge in [-0.1, -0.05) is 147 Å². The fourth-order valence-electron chi connectivity index (χ4n) is 7.18. The molecule has 1 aliphatic rings. The normalized spacial score (nSPS) is 13.5. The molecule has 1 rings (SSSR count). The first-order valence-electron chi connectivity index (χ1n) is 24.1. The van der Waals surface area contributed by atoms with Gasteiger partial charge in [0.05, 0.1) is 12.0 Å². The highest BCUT2D eigenvalue weighted by molar-refractivity contribution is 5.70. The van der Waals surface area contributed by atoms with Crippen molar-refractivity contribution in [1.29, 1.82) is 0 Å². The number of aliphatic hydroxyl groups excluding tert-OH is 1. The Balaban J connectivity index is 2.23. The maximum atomic E-state index is 12.6. The van der Waals surface area contributed by atoms with Gasteiger partial charge in [0.2, 0.25) is 0 Å². The number of unbranched alkanes of at least 4 members (excludes halogenated alkanes) is 24. The van der Waals surface area contributed by atoms with Crippen molar-refractivity contribution >= 4 is 17.9 Å². The van der Waals surface area contributed by atoms with Gasteiger partial charge in [-0.25, -0.2) is 0 Å². The Morgan fingerprint density at radius 1 is 0.474 bits per heavy atom. The van der Waals surface area contributed by atoms with Gasteiger partial charge in [-0.05, 0) is 83.6 Å². The SMILES string of the molecule is CCCCCCCC/C=C\CCCCCCCC(=O)OCC(COC(=O)CCCCCCC/C=C\CCCCCCCC)COC(=O)CCCCCN1CC(O)C1. The molecule has 0 spiro atoms. The molecule has 0 bridgehead atoms. The second-order valence-electron chi connectivity index (χ2n) is 16.8. The molecule has 0 atom stereocenters. The van der Waals surface area contributed by atoms with E-state index >= 15 is 0 Å². The zero-order chi connectivity index (χ0) is 41.3. The van der Waals surface area contributed by atoms with Gasteiger partial charge in [-0.15, -0.1) is 0 Å². The van der Waals surface area contributed by atoms with Crippen LogP contribution < -0.4 is 0 Å². The van der Waals surface area contributed by atoms with E-state index in [-0.39, 0.29) is 49.8 Å². The molecule has 1 fully saturated rings. The minimum atomic E-state index is -0.386. The molecule has 0 aromatic carbocycles. The number of hydrogen-bond acceptors (Lipinski definition) is 8. The number of likely N-dealkylation sites (tertiary alicyclic amines) is 1. The van der Waals surface area contributed by atoms with Gasteiger partial charge in [0.25, 0.3) is 0 Å². The van der Waals surface area contributed by atoms with Crippen LogP contribution in [0.5, 0.6) is 0 Å². The van der Waals surface area contributed by atoms with E-state index in [1.54, 1.807) is 0 Å². The van der Waals surface area contributed by atoms with E-state index < -0.39 is 0 Å². The summed E-state index contributed by atoms with van der Waals surface area (Å²) in [6, 6.07) is 0. The highest BCUT2D eigenvalue weighted by atomic mass is 16.6. The Kier molecular flexibility index (Phi) is 37.6. The monoisotopic (exact) mass is 804 g/mol. The lowest BCUT2D eigenvalue weighted by Gasteiger charge is -2.35.